The van der Waals surface area contributed by atoms with Gasteiger partial charge < -0.3 is 5.32 Å². The van der Waals surface area contributed by atoms with Gasteiger partial charge in [0.1, 0.15) is 0 Å². The zero-order chi connectivity index (χ0) is 9.31. The highest BCUT2D eigenvalue weighted by atomic mass is 14.9. The molecule has 1 heterocycles. The molecule has 1 aliphatic carbocycles. The third-order valence-corrected chi connectivity index (χ3v) is 4.15. The van der Waals surface area contributed by atoms with Crippen LogP contribution in [0.4, 0.5) is 0 Å². The number of hydrogen-bond donors (Lipinski definition) is 1. The van der Waals surface area contributed by atoms with Gasteiger partial charge in [0.25, 0.3) is 0 Å². The van der Waals surface area contributed by atoms with Gasteiger partial charge in [-0.05, 0) is 62.4 Å². The van der Waals surface area contributed by atoms with E-state index in [2.05, 4.69) is 19.2 Å². The number of rotatable bonds is 1. The first-order valence-corrected chi connectivity index (χ1v) is 5.88. The van der Waals surface area contributed by atoms with Crippen molar-refractivity contribution in [2.75, 3.05) is 13.1 Å². The van der Waals surface area contributed by atoms with Crippen molar-refractivity contribution in [2.24, 2.45) is 17.3 Å². The minimum absolute atomic E-state index is 0.641. The molecule has 1 unspecified atom stereocenters. The third-order valence-electron chi connectivity index (χ3n) is 4.15. The topological polar surface area (TPSA) is 12.0 Å². The minimum atomic E-state index is 0.641. The van der Waals surface area contributed by atoms with E-state index in [1.807, 2.05) is 0 Å². The van der Waals surface area contributed by atoms with Crippen LogP contribution in [0.2, 0.25) is 0 Å². The molecule has 0 amide bonds. The molecule has 1 saturated carbocycles. The van der Waals surface area contributed by atoms with E-state index in [0.29, 0.717) is 5.41 Å². The monoisotopic (exact) mass is 181 g/mol. The summed E-state index contributed by atoms with van der Waals surface area (Å²) in [4.78, 5) is 0. The van der Waals surface area contributed by atoms with E-state index in [1.54, 1.807) is 0 Å². The quantitative estimate of drug-likeness (QED) is 0.656. The van der Waals surface area contributed by atoms with Crippen LogP contribution in [-0.2, 0) is 0 Å². The lowest BCUT2D eigenvalue weighted by Gasteiger charge is -2.36. The minimum Gasteiger partial charge on any atom is -0.316 e. The second-order valence-corrected chi connectivity index (χ2v) is 5.75. The van der Waals surface area contributed by atoms with Crippen molar-refractivity contribution in [3.63, 3.8) is 0 Å². The van der Waals surface area contributed by atoms with Crippen LogP contribution in [0.25, 0.3) is 0 Å². The van der Waals surface area contributed by atoms with Gasteiger partial charge in [-0.15, -0.1) is 0 Å². The van der Waals surface area contributed by atoms with Gasteiger partial charge in [0.15, 0.2) is 0 Å². The molecule has 1 heteroatoms. The van der Waals surface area contributed by atoms with Crippen LogP contribution in [-0.4, -0.2) is 13.1 Å². The van der Waals surface area contributed by atoms with Crippen LogP contribution >= 0.6 is 0 Å². The van der Waals surface area contributed by atoms with Crippen LogP contribution in [0.15, 0.2) is 0 Å². The summed E-state index contributed by atoms with van der Waals surface area (Å²) < 4.78 is 0. The Morgan fingerprint density at radius 1 is 1.00 bits per heavy atom. The van der Waals surface area contributed by atoms with Gasteiger partial charge in [-0.3, -0.25) is 0 Å². The Morgan fingerprint density at radius 3 is 2.23 bits per heavy atom. The summed E-state index contributed by atoms with van der Waals surface area (Å²) in [6.45, 7) is 7.42. The van der Waals surface area contributed by atoms with E-state index in [4.69, 9.17) is 0 Å². The van der Waals surface area contributed by atoms with Crippen molar-refractivity contribution in [3.05, 3.63) is 0 Å². The molecular formula is C12H23N. The van der Waals surface area contributed by atoms with E-state index in [9.17, 15) is 0 Å². The summed E-state index contributed by atoms with van der Waals surface area (Å²) >= 11 is 0. The maximum atomic E-state index is 3.49. The van der Waals surface area contributed by atoms with Crippen LogP contribution in [0.1, 0.15) is 46.0 Å². The first-order valence-electron chi connectivity index (χ1n) is 5.88. The van der Waals surface area contributed by atoms with Crippen molar-refractivity contribution in [1.82, 2.24) is 5.32 Å². The van der Waals surface area contributed by atoms with Gasteiger partial charge in [0, 0.05) is 0 Å². The first kappa shape index (κ1) is 9.51. The van der Waals surface area contributed by atoms with E-state index in [-0.39, 0.29) is 0 Å². The summed E-state index contributed by atoms with van der Waals surface area (Å²) in [5, 5.41) is 3.49. The van der Waals surface area contributed by atoms with Gasteiger partial charge in [-0.2, -0.15) is 0 Å². The average Bonchev–Trinajstić information content (AvgIpc) is 2.56. The maximum absolute atomic E-state index is 3.49. The van der Waals surface area contributed by atoms with Crippen molar-refractivity contribution in [3.8, 4) is 0 Å². The van der Waals surface area contributed by atoms with Gasteiger partial charge in [-0.1, -0.05) is 13.8 Å². The molecule has 0 aromatic heterocycles. The van der Waals surface area contributed by atoms with Crippen molar-refractivity contribution in [1.29, 1.82) is 0 Å². The molecule has 0 aromatic carbocycles. The number of hydrogen-bond acceptors (Lipinski definition) is 1. The van der Waals surface area contributed by atoms with Crippen molar-refractivity contribution in [2.45, 2.75) is 46.0 Å². The predicted octanol–water partition coefficient (Wildman–Crippen LogP) is 2.81. The predicted molar refractivity (Wildman–Crippen MR) is 56.7 cm³/mol. The number of nitrogens with one attached hydrogen (secondary N) is 1. The van der Waals surface area contributed by atoms with E-state index in [1.165, 1.54) is 45.2 Å². The Labute approximate surface area is 82.3 Å². The zero-order valence-electron chi connectivity index (χ0n) is 9.10. The molecule has 2 aliphatic rings. The molecule has 1 N–H and O–H groups in total. The lowest BCUT2D eigenvalue weighted by atomic mass is 9.69. The fourth-order valence-electron chi connectivity index (χ4n) is 2.97. The van der Waals surface area contributed by atoms with Crippen molar-refractivity contribution < 1.29 is 0 Å². The molecule has 1 atom stereocenters. The molecule has 0 bridgehead atoms. The molecule has 0 radical (unpaired) electrons. The van der Waals surface area contributed by atoms with Gasteiger partial charge >= 0.3 is 0 Å². The van der Waals surface area contributed by atoms with Crippen molar-refractivity contribution >= 4 is 0 Å². The fraction of sp³-hybridized carbons (Fsp3) is 1.00. The highest BCUT2D eigenvalue weighted by Gasteiger charge is 2.32. The van der Waals surface area contributed by atoms with E-state index in [0.717, 1.165) is 11.8 Å². The summed E-state index contributed by atoms with van der Waals surface area (Å²) in [5.41, 5.74) is 0.641. The van der Waals surface area contributed by atoms with Crippen LogP contribution < -0.4 is 5.32 Å². The molecule has 76 valence electrons. The largest absolute Gasteiger partial charge is 0.316 e. The SMILES string of the molecule is CC1(C)CCC(C2CCNC2)CC1. The van der Waals surface area contributed by atoms with Gasteiger partial charge in [0.05, 0.1) is 0 Å². The molecule has 1 saturated heterocycles. The molecular weight excluding hydrogens is 158 g/mol. The average molecular weight is 181 g/mol. The Kier molecular flexibility index (Phi) is 2.64. The lowest BCUT2D eigenvalue weighted by Crippen LogP contribution is -2.27. The Morgan fingerprint density at radius 2 is 1.69 bits per heavy atom. The molecule has 0 spiro atoms. The summed E-state index contributed by atoms with van der Waals surface area (Å²) in [7, 11) is 0. The van der Waals surface area contributed by atoms with Gasteiger partial charge in [-0.25, -0.2) is 0 Å². The summed E-state index contributed by atoms with van der Waals surface area (Å²) in [6.07, 6.45) is 7.31. The van der Waals surface area contributed by atoms with Crippen LogP contribution in [0.3, 0.4) is 0 Å². The Hall–Kier alpha value is -0.0400. The summed E-state index contributed by atoms with van der Waals surface area (Å²) in [6, 6.07) is 0. The van der Waals surface area contributed by atoms with Crippen LogP contribution in [0.5, 0.6) is 0 Å². The third kappa shape index (κ3) is 2.25. The molecule has 2 fully saturated rings. The highest BCUT2D eigenvalue weighted by Crippen LogP contribution is 2.41. The van der Waals surface area contributed by atoms with Gasteiger partial charge in [0.2, 0.25) is 0 Å². The smallest absolute Gasteiger partial charge is 0.00174 e. The zero-order valence-corrected chi connectivity index (χ0v) is 9.10. The molecule has 1 aliphatic heterocycles. The highest BCUT2D eigenvalue weighted by molar-refractivity contribution is 4.85. The van der Waals surface area contributed by atoms with E-state index < -0.39 is 0 Å². The first-order chi connectivity index (χ1) is 6.17. The van der Waals surface area contributed by atoms with E-state index >= 15 is 0 Å². The molecule has 13 heavy (non-hydrogen) atoms. The Bertz CT molecular complexity index is 158. The summed E-state index contributed by atoms with van der Waals surface area (Å²) in [5.74, 6) is 2.05. The molecule has 2 rings (SSSR count). The second-order valence-electron chi connectivity index (χ2n) is 5.75. The standard InChI is InChI=1S/C12H23N/c1-12(2)6-3-10(4-7-12)11-5-8-13-9-11/h10-11,13H,3-9H2,1-2H3. The molecule has 1 nitrogen and oxygen atoms in total. The molecule has 0 aromatic rings. The normalized spacial score (nSPS) is 35.1. The second kappa shape index (κ2) is 3.61. The maximum Gasteiger partial charge on any atom is -0.00174 e. The lowest BCUT2D eigenvalue weighted by molar-refractivity contribution is 0.155. The Balaban J connectivity index is 1.83. The fourth-order valence-corrected chi connectivity index (χ4v) is 2.97. The van der Waals surface area contributed by atoms with Crippen LogP contribution in [0, 0.1) is 17.3 Å².